The number of hydrogen-bond acceptors (Lipinski definition) is 4. The molecular weight excluding hydrogens is 262 g/mol. The summed E-state index contributed by atoms with van der Waals surface area (Å²) < 4.78 is 0. The molecule has 2 rings (SSSR count). The Morgan fingerprint density at radius 2 is 2.00 bits per heavy atom. The number of phenols is 1. The molecule has 1 aliphatic heterocycles. The number of nitrogens with zero attached hydrogens (tertiary/aromatic N) is 1. The second-order valence-electron chi connectivity index (χ2n) is 4.92. The molecule has 1 fully saturated rings. The van der Waals surface area contributed by atoms with Crippen molar-refractivity contribution in [3.63, 3.8) is 0 Å². The molecule has 0 aliphatic carbocycles. The molecule has 0 spiro atoms. The number of aryl methyl sites for hydroxylation is 1. The number of phenolic OH excluding ortho intramolecular Hbond substituents is 1. The maximum Gasteiger partial charge on any atom is 0.326 e. The Labute approximate surface area is 116 Å². The van der Waals surface area contributed by atoms with Crippen LogP contribution in [0.25, 0.3) is 0 Å². The molecule has 108 valence electrons. The third-order valence-corrected chi connectivity index (χ3v) is 3.48. The summed E-state index contributed by atoms with van der Waals surface area (Å²) in [6, 6.07) is 5.76. The van der Waals surface area contributed by atoms with Gasteiger partial charge >= 0.3 is 5.97 Å². The van der Waals surface area contributed by atoms with Crippen LogP contribution in [0, 0.1) is 0 Å². The Hall–Kier alpha value is -2.08. The van der Waals surface area contributed by atoms with Gasteiger partial charge in [-0.3, -0.25) is 4.79 Å². The number of carboxylic acids is 1. The number of likely N-dealkylation sites (tertiary alicyclic amines) is 1. The van der Waals surface area contributed by atoms with Crippen LogP contribution in [0.4, 0.5) is 0 Å². The summed E-state index contributed by atoms with van der Waals surface area (Å²) in [4.78, 5) is 24.3. The highest BCUT2D eigenvalue weighted by atomic mass is 16.4. The van der Waals surface area contributed by atoms with Crippen molar-refractivity contribution in [3.8, 4) is 5.75 Å². The average molecular weight is 279 g/mol. The summed E-state index contributed by atoms with van der Waals surface area (Å²) in [6.45, 7) is 0.0522. The van der Waals surface area contributed by atoms with E-state index >= 15 is 0 Å². The van der Waals surface area contributed by atoms with Gasteiger partial charge in [0, 0.05) is 19.4 Å². The SMILES string of the molecule is O=C(O)[C@@H]1CC(O)CN1C(=O)CCc1ccccc1O. The maximum atomic E-state index is 12.1. The number of aliphatic hydroxyl groups is 1. The predicted octanol–water partition coefficient (Wildman–Crippen LogP) is 0.371. The summed E-state index contributed by atoms with van der Waals surface area (Å²) >= 11 is 0. The third-order valence-electron chi connectivity index (χ3n) is 3.48. The number of carbonyl (C=O) groups is 2. The lowest BCUT2D eigenvalue weighted by Crippen LogP contribution is -2.40. The lowest BCUT2D eigenvalue weighted by Gasteiger charge is -2.21. The largest absolute Gasteiger partial charge is 0.508 e. The van der Waals surface area contributed by atoms with Gasteiger partial charge in [0.15, 0.2) is 0 Å². The zero-order chi connectivity index (χ0) is 14.7. The van der Waals surface area contributed by atoms with Gasteiger partial charge < -0.3 is 20.2 Å². The van der Waals surface area contributed by atoms with Crippen LogP contribution < -0.4 is 0 Å². The summed E-state index contributed by atoms with van der Waals surface area (Å²) in [5, 5.41) is 28.1. The van der Waals surface area contributed by atoms with E-state index in [9.17, 15) is 19.8 Å². The molecule has 1 aromatic rings. The van der Waals surface area contributed by atoms with E-state index in [1.165, 1.54) is 4.90 Å². The topological polar surface area (TPSA) is 98.1 Å². The normalized spacial score (nSPS) is 21.9. The van der Waals surface area contributed by atoms with Crippen molar-refractivity contribution in [3.05, 3.63) is 29.8 Å². The first kappa shape index (κ1) is 14.3. The van der Waals surface area contributed by atoms with Crippen molar-refractivity contribution in [2.45, 2.75) is 31.4 Å². The van der Waals surface area contributed by atoms with Gasteiger partial charge in [0.05, 0.1) is 6.10 Å². The van der Waals surface area contributed by atoms with Crippen LogP contribution >= 0.6 is 0 Å². The summed E-state index contributed by atoms with van der Waals surface area (Å²) in [7, 11) is 0. The van der Waals surface area contributed by atoms with Crippen molar-refractivity contribution >= 4 is 11.9 Å². The van der Waals surface area contributed by atoms with Crippen LogP contribution in [0.1, 0.15) is 18.4 Å². The molecule has 3 N–H and O–H groups in total. The minimum Gasteiger partial charge on any atom is -0.508 e. The highest BCUT2D eigenvalue weighted by Crippen LogP contribution is 2.22. The highest BCUT2D eigenvalue weighted by molar-refractivity contribution is 5.84. The fourth-order valence-corrected chi connectivity index (χ4v) is 2.43. The van der Waals surface area contributed by atoms with E-state index in [0.717, 1.165) is 0 Å². The number of aliphatic carboxylic acids is 1. The van der Waals surface area contributed by atoms with E-state index in [2.05, 4.69) is 0 Å². The first-order valence-corrected chi connectivity index (χ1v) is 6.46. The fraction of sp³-hybridized carbons (Fsp3) is 0.429. The number of aliphatic hydroxyl groups excluding tert-OH is 1. The van der Waals surface area contributed by atoms with Crippen molar-refractivity contribution in [1.82, 2.24) is 4.90 Å². The van der Waals surface area contributed by atoms with Gasteiger partial charge in [-0.25, -0.2) is 4.79 Å². The van der Waals surface area contributed by atoms with E-state index in [-0.39, 0.29) is 31.0 Å². The summed E-state index contributed by atoms with van der Waals surface area (Å²) in [6.07, 6.45) is -0.277. The Morgan fingerprint density at radius 1 is 1.30 bits per heavy atom. The zero-order valence-corrected chi connectivity index (χ0v) is 10.9. The summed E-state index contributed by atoms with van der Waals surface area (Å²) in [5.41, 5.74) is 0.646. The molecule has 6 nitrogen and oxygen atoms in total. The molecule has 20 heavy (non-hydrogen) atoms. The quantitative estimate of drug-likeness (QED) is 0.739. The van der Waals surface area contributed by atoms with E-state index in [4.69, 9.17) is 5.11 Å². The second kappa shape index (κ2) is 5.92. The Bertz CT molecular complexity index is 516. The van der Waals surface area contributed by atoms with Gasteiger partial charge in [-0.1, -0.05) is 18.2 Å². The minimum atomic E-state index is -1.10. The molecule has 0 aromatic heterocycles. The maximum absolute atomic E-state index is 12.1. The summed E-state index contributed by atoms with van der Waals surface area (Å²) in [5.74, 6) is -1.30. The van der Waals surface area contributed by atoms with Gasteiger partial charge in [-0.2, -0.15) is 0 Å². The first-order chi connectivity index (χ1) is 9.49. The number of para-hydroxylation sites is 1. The monoisotopic (exact) mass is 279 g/mol. The molecule has 1 aliphatic rings. The van der Waals surface area contributed by atoms with Gasteiger partial charge in [-0.05, 0) is 18.1 Å². The van der Waals surface area contributed by atoms with E-state index in [1.807, 2.05) is 0 Å². The molecule has 1 saturated heterocycles. The van der Waals surface area contributed by atoms with Gasteiger partial charge in [0.25, 0.3) is 0 Å². The number of aromatic hydroxyl groups is 1. The number of benzene rings is 1. The van der Waals surface area contributed by atoms with E-state index < -0.39 is 18.1 Å². The zero-order valence-electron chi connectivity index (χ0n) is 10.9. The molecule has 1 aromatic carbocycles. The molecule has 0 saturated carbocycles. The highest BCUT2D eigenvalue weighted by Gasteiger charge is 2.38. The van der Waals surface area contributed by atoms with Crippen molar-refractivity contribution in [1.29, 1.82) is 0 Å². The van der Waals surface area contributed by atoms with Crippen LogP contribution in [-0.4, -0.2) is 50.8 Å². The molecule has 0 radical (unpaired) electrons. The van der Waals surface area contributed by atoms with Crippen molar-refractivity contribution in [2.24, 2.45) is 0 Å². The molecule has 6 heteroatoms. The number of rotatable bonds is 4. The second-order valence-corrected chi connectivity index (χ2v) is 4.92. The van der Waals surface area contributed by atoms with E-state index in [1.54, 1.807) is 24.3 Å². The molecule has 1 amide bonds. The molecule has 1 heterocycles. The third kappa shape index (κ3) is 3.08. The van der Waals surface area contributed by atoms with Crippen LogP contribution in [0.2, 0.25) is 0 Å². The molecule has 2 atom stereocenters. The standard InChI is InChI=1S/C14H17NO5/c16-10-7-11(14(19)20)15(8-10)13(18)6-5-9-3-1-2-4-12(9)17/h1-4,10-11,16-17H,5-8H2,(H,19,20)/t10?,11-/m0/s1. The van der Waals surface area contributed by atoms with Gasteiger partial charge in [0.2, 0.25) is 5.91 Å². The lowest BCUT2D eigenvalue weighted by molar-refractivity contribution is -0.148. The average Bonchev–Trinajstić information content (AvgIpc) is 2.80. The lowest BCUT2D eigenvalue weighted by atomic mass is 10.1. The van der Waals surface area contributed by atoms with Crippen molar-refractivity contribution < 1.29 is 24.9 Å². The number of amides is 1. The smallest absolute Gasteiger partial charge is 0.326 e. The van der Waals surface area contributed by atoms with Crippen LogP contribution in [0.15, 0.2) is 24.3 Å². The minimum absolute atomic E-state index is 0.0522. The number of carboxylic acid groups (broad SMARTS) is 1. The number of carbonyl (C=O) groups excluding carboxylic acids is 1. The first-order valence-electron chi connectivity index (χ1n) is 6.46. The van der Waals surface area contributed by atoms with Crippen molar-refractivity contribution in [2.75, 3.05) is 6.54 Å². The van der Waals surface area contributed by atoms with Crippen LogP contribution in [0.3, 0.4) is 0 Å². The predicted molar refractivity (Wildman–Crippen MR) is 70.2 cm³/mol. The Morgan fingerprint density at radius 3 is 2.65 bits per heavy atom. The molecular formula is C14H17NO5. The molecule has 1 unspecified atom stereocenters. The fourth-order valence-electron chi connectivity index (χ4n) is 2.43. The van der Waals surface area contributed by atoms with Crippen LogP contribution in [0.5, 0.6) is 5.75 Å². The Kier molecular flexibility index (Phi) is 4.24. The number of β-amino-alcohol motifs (C(OH)–C–C–N with tert-alkyl or cyclic N) is 1. The van der Waals surface area contributed by atoms with Crippen LogP contribution in [-0.2, 0) is 16.0 Å². The Balaban J connectivity index is 1.98. The molecule has 0 bridgehead atoms. The van der Waals surface area contributed by atoms with Gasteiger partial charge in [-0.15, -0.1) is 0 Å². The van der Waals surface area contributed by atoms with E-state index in [0.29, 0.717) is 12.0 Å². The van der Waals surface area contributed by atoms with Gasteiger partial charge in [0.1, 0.15) is 11.8 Å². The number of hydrogen-bond donors (Lipinski definition) is 3.